The summed E-state index contributed by atoms with van der Waals surface area (Å²) in [4.78, 5) is 16.4. The highest BCUT2D eigenvalue weighted by molar-refractivity contribution is 5.82. The number of carbonyl (C=O) groups is 1. The van der Waals surface area contributed by atoms with Gasteiger partial charge in [-0.15, -0.1) is 0 Å². The molecule has 0 aliphatic carbocycles. The van der Waals surface area contributed by atoms with Gasteiger partial charge in [-0.3, -0.25) is 4.79 Å². The molecule has 0 radical (unpaired) electrons. The first-order valence-electron chi connectivity index (χ1n) is 7.69. The largest absolute Gasteiger partial charge is 0.438 e. The first-order chi connectivity index (χ1) is 11.6. The lowest BCUT2D eigenvalue weighted by molar-refractivity contribution is -0.130. The predicted octanol–water partition coefficient (Wildman–Crippen LogP) is 3.25. The first-order valence-corrected chi connectivity index (χ1v) is 7.69. The predicted molar refractivity (Wildman–Crippen MR) is 89.9 cm³/mol. The van der Waals surface area contributed by atoms with Crippen molar-refractivity contribution in [3.05, 3.63) is 78.3 Å². The number of carbonyl (C=O) groups excluding carboxylic acids is 1. The van der Waals surface area contributed by atoms with E-state index in [1.165, 1.54) is 0 Å². The molecule has 2 unspecified atom stereocenters. The second-order valence-electron chi connectivity index (χ2n) is 5.47. The van der Waals surface area contributed by atoms with Crippen LogP contribution in [0.25, 0.3) is 11.3 Å². The van der Waals surface area contributed by atoms with Crippen molar-refractivity contribution in [2.45, 2.75) is 19.1 Å². The van der Waals surface area contributed by atoms with Gasteiger partial charge in [0, 0.05) is 5.56 Å². The zero-order valence-electron chi connectivity index (χ0n) is 13.2. The van der Waals surface area contributed by atoms with Crippen molar-refractivity contribution in [1.29, 1.82) is 0 Å². The molecule has 0 saturated carbocycles. The van der Waals surface area contributed by atoms with Crippen LogP contribution in [0, 0.1) is 0 Å². The number of rotatable bonds is 5. The Balaban J connectivity index is 1.68. The number of oxazole rings is 1. The van der Waals surface area contributed by atoms with Crippen LogP contribution >= 0.6 is 0 Å². The first kappa shape index (κ1) is 16.0. The van der Waals surface area contributed by atoms with Crippen LogP contribution in [0.4, 0.5) is 0 Å². The molecule has 0 bridgehead atoms. The Hall–Kier alpha value is -2.92. The number of aliphatic hydroxyl groups is 1. The van der Waals surface area contributed by atoms with Crippen LogP contribution in [0.3, 0.4) is 0 Å². The Morgan fingerprint density at radius 1 is 1.08 bits per heavy atom. The van der Waals surface area contributed by atoms with Gasteiger partial charge in [0.1, 0.15) is 6.04 Å². The third kappa shape index (κ3) is 3.52. The fraction of sp³-hybridized carbons (Fsp3) is 0.158. The molecular weight excluding hydrogens is 304 g/mol. The second kappa shape index (κ2) is 7.10. The third-order valence-corrected chi connectivity index (χ3v) is 3.67. The molecule has 0 fully saturated rings. The van der Waals surface area contributed by atoms with Gasteiger partial charge in [0.05, 0.1) is 6.20 Å². The van der Waals surface area contributed by atoms with Crippen molar-refractivity contribution in [2.75, 3.05) is 0 Å². The molecule has 3 aromatic rings. The van der Waals surface area contributed by atoms with Gasteiger partial charge in [-0.25, -0.2) is 4.98 Å². The molecule has 5 nitrogen and oxygen atoms in total. The van der Waals surface area contributed by atoms with E-state index in [-0.39, 0.29) is 0 Å². The number of hydrogen-bond donors (Lipinski definition) is 2. The SMILES string of the molecule is CC(NC(=O)C(O)c1ccccc1)c1ncc(-c2ccccc2)o1. The summed E-state index contributed by atoms with van der Waals surface area (Å²) < 4.78 is 5.71. The van der Waals surface area contributed by atoms with E-state index in [1.54, 1.807) is 37.4 Å². The van der Waals surface area contributed by atoms with E-state index in [0.717, 1.165) is 5.56 Å². The number of nitrogens with zero attached hydrogens (tertiary/aromatic N) is 1. The third-order valence-electron chi connectivity index (χ3n) is 3.67. The second-order valence-corrected chi connectivity index (χ2v) is 5.47. The summed E-state index contributed by atoms with van der Waals surface area (Å²) in [5.41, 5.74) is 1.46. The van der Waals surface area contributed by atoms with E-state index in [1.807, 2.05) is 36.4 Å². The quantitative estimate of drug-likeness (QED) is 0.756. The fourth-order valence-electron chi connectivity index (χ4n) is 2.36. The van der Waals surface area contributed by atoms with E-state index < -0.39 is 18.1 Å². The summed E-state index contributed by atoms with van der Waals surface area (Å²) in [6.07, 6.45) is 0.401. The number of hydrogen-bond acceptors (Lipinski definition) is 4. The lowest BCUT2D eigenvalue weighted by Gasteiger charge is -2.15. The van der Waals surface area contributed by atoms with E-state index in [2.05, 4.69) is 10.3 Å². The summed E-state index contributed by atoms with van der Waals surface area (Å²) in [6, 6.07) is 17.9. The highest BCUT2D eigenvalue weighted by Crippen LogP contribution is 2.23. The molecule has 0 saturated heterocycles. The summed E-state index contributed by atoms with van der Waals surface area (Å²) in [5.74, 6) is 0.533. The van der Waals surface area contributed by atoms with Crippen LogP contribution in [-0.4, -0.2) is 16.0 Å². The summed E-state index contributed by atoms with van der Waals surface area (Å²) in [5, 5.41) is 12.8. The average molecular weight is 322 g/mol. The molecule has 0 aliphatic rings. The van der Waals surface area contributed by atoms with Crippen molar-refractivity contribution in [3.8, 4) is 11.3 Å². The Bertz CT molecular complexity index is 800. The van der Waals surface area contributed by atoms with E-state index in [0.29, 0.717) is 17.2 Å². The molecule has 2 N–H and O–H groups in total. The van der Waals surface area contributed by atoms with Crippen molar-refractivity contribution < 1.29 is 14.3 Å². The van der Waals surface area contributed by atoms with Crippen LogP contribution in [0.15, 0.2) is 71.3 Å². The molecule has 0 aliphatic heterocycles. The van der Waals surface area contributed by atoms with Gasteiger partial charge >= 0.3 is 0 Å². The molecule has 1 heterocycles. The molecule has 24 heavy (non-hydrogen) atoms. The van der Waals surface area contributed by atoms with Gasteiger partial charge in [0.15, 0.2) is 11.9 Å². The number of nitrogens with one attached hydrogen (secondary N) is 1. The zero-order chi connectivity index (χ0) is 16.9. The number of amides is 1. The van der Waals surface area contributed by atoms with Crippen LogP contribution in [0.2, 0.25) is 0 Å². The van der Waals surface area contributed by atoms with Gasteiger partial charge in [-0.05, 0) is 12.5 Å². The fourth-order valence-corrected chi connectivity index (χ4v) is 2.36. The maximum absolute atomic E-state index is 12.2. The number of aliphatic hydroxyl groups excluding tert-OH is 1. The maximum atomic E-state index is 12.2. The van der Waals surface area contributed by atoms with E-state index in [9.17, 15) is 9.90 Å². The lowest BCUT2D eigenvalue weighted by atomic mass is 10.1. The monoisotopic (exact) mass is 322 g/mol. The Morgan fingerprint density at radius 3 is 2.38 bits per heavy atom. The molecule has 1 aromatic heterocycles. The van der Waals surface area contributed by atoms with Gasteiger partial charge < -0.3 is 14.8 Å². The lowest BCUT2D eigenvalue weighted by Crippen LogP contribution is -2.31. The topological polar surface area (TPSA) is 75.4 Å². The minimum absolute atomic E-state index is 0.391. The normalized spacial score (nSPS) is 13.2. The number of aromatic nitrogens is 1. The number of benzene rings is 2. The Morgan fingerprint density at radius 2 is 1.71 bits per heavy atom. The minimum atomic E-state index is -1.22. The molecule has 5 heteroatoms. The van der Waals surface area contributed by atoms with Crippen molar-refractivity contribution in [2.24, 2.45) is 0 Å². The Labute approximate surface area is 140 Å². The smallest absolute Gasteiger partial charge is 0.254 e. The van der Waals surface area contributed by atoms with Gasteiger partial charge in [-0.2, -0.15) is 0 Å². The van der Waals surface area contributed by atoms with Gasteiger partial charge in [0.25, 0.3) is 5.91 Å². The van der Waals surface area contributed by atoms with E-state index in [4.69, 9.17) is 4.42 Å². The minimum Gasteiger partial charge on any atom is -0.438 e. The molecule has 2 atom stereocenters. The van der Waals surface area contributed by atoms with Crippen molar-refractivity contribution in [1.82, 2.24) is 10.3 Å². The molecule has 1 amide bonds. The highest BCUT2D eigenvalue weighted by Gasteiger charge is 2.21. The van der Waals surface area contributed by atoms with Crippen molar-refractivity contribution in [3.63, 3.8) is 0 Å². The van der Waals surface area contributed by atoms with Gasteiger partial charge in [-0.1, -0.05) is 60.7 Å². The summed E-state index contributed by atoms with van der Waals surface area (Å²) in [6.45, 7) is 1.76. The summed E-state index contributed by atoms with van der Waals surface area (Å²) >= 11 is 0. The summed E-state index contributed by atoms with van der Waals surface area (Å²) in [7, 11) is 0. The van der Waals surface area contributed by atoms with Crippen molar-refractivity contribution >= 4 is 5.91 Å². The van der Waals surface area contributed by atoms with Crippen LogP contribution in [0.1, 0.15) is 30.5 Å². The zero-order valence-corrected chi connectivity index (χ0v) is 13.2. The molecular formula is C19H18N2O3. The molecule has 2 aromatic carbocycles. The highest BCUT2D eigenvalue weighted by atomic mass is 16.4. The average Bonchev–Trinajstić information content (AvgIpc) is 3.13. The Kier molecular flexibility index (Phi) is 4.72. The molecule has 122 valence electrons. The van der Waals surface area contributed by atoms with Crippen LogP contribution in [-0.2, 0) is 4.79 Å². The molecule has 3 rings (SSSR count). The molecule has 0 spiro atoms. The van der Waals surface area contributed by atoms with Gasteiger partial charge in [0.2, 0.25) is 5.89 Å². The maximum Gasteiger partial charge on any atom is 0.254 e. The van der Waals surface area contributed by atoms with E-state index >= 15 is 0 Å². The standard InChI is InChI=1S/C19H18N2O3/c1-13(21-18(23)17(22)15-10-6-3-7-11-15)19-20-12-16(24-19)14-8-4-2-5-9-14/h2-13,17,22H,1H3,(H,21,23). The van der Waals surface area contributed by atoms with Crippen LogP contribution < -0.4 is 5.32 Å². The van der Waals surface area contributed by atoms with Crippen LogP contribution in [0.5, 0.6) is 0 Å².